The third kappa shape index (κ3) is 8.88. The minimum absolute atomic E-state index is 0.0943. The number of benzene rings is 1. The Morgan fingerprint density at radius 2 is 1.67 bits per heavy atom. The molecule has 0 bridgehead atoms. The van der Waals surface area contributed by atoms with Gasteiger partial charge in [0.15, 0.2) is 5.96 Å². The lowest BCUT2D eigenvalue weighted by atomic mass is 10.0. The van der Waals surface area contributed by atoms with Crippen molar-refractivity contribution in [3.8, 4) is 0 Å². The number of aliphatic hydroxyl groups excluding tert-OH is 1. The molecule has 0 aliphatic rings. The van der Waals surface area contributed by atoms with E-state index < -0.39 is 42.0 Å². The van der Waals surface area contributed by atoms with Crippen molar-refractivity contribution in [3.63, 3.8) is 0 Å². The summed E-state index contributed by atoms with van der Waals surface area (Å²) in [5.74, 6) is -2.73. The van der Waals surface area contributed by atoms with Gasteiger partial charge in [-0.05, 0) is 25.3 Å². The Morgan fingerprint density at radius 1 is 1.07 bits per heavy atom. The summed E-state index contributed by atoms with van der Waals surface area (Å²) >= 11 is 0. The predicted octanol–water partition coefficient (Wildman–Crippen LogP) is -1.95. The number of carboxylic acid groups (broad SMARTS) is 1. The van der Waals surface area contributed by atoms with Crippen LogP contribution in [0, 0.1) is 0 Å². The van der Waals surface area contributed by atoms with E-state index >= 15 is 0 Å². The predicted molar refractivity (Wildman–Crippen MR) is 111 cm³/mol. The van der Waals surface area contributed by atoms with E-state index in [2.05, 4.69) is 15.6 Å². The molecule has 0 saturated heterocycles. The average Bonchev–Trinajstić information content (AvgIpc) is 2.69. The SMILES string of the molecule is C[C@@H](O)[C@H](N)C(=O)N[C@@H](Cc1ccccc1)C(=O)N[C@@H](CCCN=C(N)N)C(=O)O. The lowest BCUT2D eigenvalue weighted by molar-refractivity contribution is -0.142. The van der Waals surface area contributed by atoms with Crippen molar-refractivity contribution in [3.05, 3.63) is 35.9 Å². The van der Waals surface area contributed by atoms with E-state index in [1.54, 1.807) is 30.3 Å². The summed E-state index contributed by atoms with van der Waals surface area (Å²) in [5.41, 5.74) is 16.8. The van der Waals surface area contributed by atoms with E-state index in [4.69, 9.17) is 17.2 Å². The zero-order valence-corrected chi connectivity index (χ0v) is 16.8. The molecule has 0 fully saturated rings. The Kier molecular flexibility index (Phi) is 10.3. The van der Waals surface area contributed by atoms with Crippen LogP contribution < -0.4 is 27.8 Å². The van der Waals surface area contributed by atoms with Crippen LogP contribution in [0.25, 0.3) is 0 Å². The molecule has 166 valence electrons. The number of amides is 2. The Bertz CT molecular complexity index is 736. The number of carbonyl (C=O) groups is 3. The number of hydrogen-bond donors (Lipinski definition) is 7. The van der Waals surface area contributed by atoms with Gasteiger partial charge >= 0.3 is 5.97 Å². The molecule has 0 saturated carbocycles. The molecule has 0 heterocycles. The third-order valence-corrected chi connectivity index (χ3v) is 4.30. The molecule has 11 nitrogen and oxygen atoms in total. The van der Waals surface area contributed by atoms with Crippen molar-refractivity contribution >= 4 is 23.7 Å². The first-order valence-electron chi connectivity index (χ1n) is 9.48. The standard InChI is InChI=1S/C19H30N6O5/c1-11(26)15(20)17(28)25-14(10-12-6-3-2-4-7-12)16(27)24-13(18(29)30)8-5-9-23-19(21)22/h2-4,6-7,11,13-15,26H,5,8-10,20H2,1H3,(H,24,27)(H,25,28)(H,29,30)(H4,21,22,23)/t11-,13+,14+,15+/m1/s1. The van der Waals surface area contributed by atoms with Gasteiger partial charge in [-0.2, -0.15) is 0 Å². The molecule has 0 unspecified atom stereocenters. The Labute approximate surface area is 174 Å². The topological polar surface area (TPSA) is 206 Å². The second-order valence-corrected chi connectivity index (χ2v) is 6.87. The highest BCUT2D eigenvalue weighted by molar-refractivity contribution is 5.92. The molecule has 0 radical (unpaired) electrons. The summed E-state index contributed by atoms with van der Waals surface area (Å²) in [6, 6.07) is 5.39. The summed E-state index contributed by atoms with van der Waals surface area (Å²) in [7, 11) is 0. The van der Waals surface area contributed by atoms with Gasteiger partial charge in [0.2, 0.25) is 11.8 Å². The van der Waals surface area contributed by atoms with Gasteiger partial charge in [-0.3, -0.25) is 14.6 Å². The number of rotatable bonds is 12. The number of aliphatic hydroxyl groups is 1. The Balaban J connectivity index is 2.88. The van der Waals surface area contributed by atoms with Gasteiger partial charge in [-0.1, -0.05) is 30.3 Å². The highest BCUT2D eigenvalue weighted by Gasteiger charge is 2.29. The lowest BCUT2D eigenvalue weighted by Crippen LogP contribution is -2.57. The van der Waals surface area contributed by atoms with Crippen LogP contribution in [0.2, 0.25) is 0 Å². The molecule has 4 atom stereocenters. The van der Waals surface area contributed by atoms with Gasteiger partial charge in [-0.25, -0.2) is 4.79 Å². The van der Waals surface area contributed by atoms with Gasteiger partial charge in [0.05, 0.1) is 6.10 Å². The van der Waals surface area contributed by atoms with Gasteiger partial charge < -0.3 is 38.0 Å². The lowest BCUT2D eigenvalue weighted by Gasteiger charge is -2.23. The van der Waals surface area contributed by atoms with Crippen molar-refractivity contribution in [2.24, 2.45) is 22.2 Å². The number of nitrogens with zero attached hydrogens (tertiary/aromatic N) is 1. The molecule has 10 N–H and O–H groups in total. The molecular formula is C19H30N6O5. The van der Waals surface area contributed by atoms with Crippen LogP contribution in [-0.2, 0) is 20.8 Å². The molecule has 11 heteroatoms. The van der Waals surface area contributed by atoms with Crippen molar-refractivity contribution in [2.75, 3.05) is 6.54 Å². The van der Waals surface area contributed by atoms with Gasteiger partial charge in [0, 0.05) is 13.0 Å². The van der Waals surface area contributed by atoms with E-state index in [9.17, 15) is 24.6 Å². The molecule has 0 aromatic heterocycles. The zero-order chi connectivity index (χ0) is 22.7. The molecule has 1 aromatic rings. The second kappa shape index (κ2) is 12.4. The van der Waals surface area contributed by atoms with Crippen molar-refractivity contribution < 1.29 is 24.6 Å². The van der Waals surface area contributed by atoms with E-state index in [0.29, 0.717) is 6.42 Å². The largest absolute Gasteiger partial charge is 0.480 e. The normalized spacial score (nSPS) is 14.6. The quantitative estimate of drug-likeness (QED) is 0.114. The molecule has 2 amide bonds. The summed E-state index contributed by atoms with van der Waals surface area (Å²) in [6.07, 6.45) is -0.576. The van der Waals surface area contributed by atoms with Crippen LogP contribution in [0.4, 0.5) is 0 Å². The number of aliphatic carboxylic acids is 1. The Morgan fingerprint density at radius 3 is 2.20 bits per heavy atom. The molecule has 1 rings (SSSR count). The summed E-state index contributed by atoms with van der Waals surface area (Å²) in [6.45, 7) is 1.57. The van der Waals surface area contributed by atoms with Crippen molar-refractivity contribution in [1.29, 1.82) is 0 Å². The van der Waals surface area contributed by atoms with Crippen LogP contribution in [0.15, 0.2) is 35.3 Å². The van der Waals surface area contributed by atoms with E-state index in [1.165, 1.54) is 6.92 Å². The van der Waals surface area contributed by atoms with Crippen LogP contribution >= 0.6 is 0 Å². The summed E-state index contributed by atoms with van der Waals surface area (Å²) in [5, 5.41) is 23.8. The highest BCUT2D eigenvalue weighted by atomic mass is 16.4. The maximum absolute atomic E-state index is 12.8. The molecule has 0 spiro atoms. The number of hydrogen-bond acceptors (Lipinski definition) is 6. The van der Waals surface area contributed by atoms with Crippen LogP contribution in [0.5, 0.6) is 0 Å². The first-order chi connectivity index (χ1) is 14.1. The summed E-state index contributed by atoms with van der Waals surface area (Å²) in [4.78, 5) is 40.3. The monoisotopic (exact) mass is 422 g/mol. The van der Waals surface area contributed by atoms with Gasteiger partial charge in [0.25, 0.3) is 0 Å². The number of nitrogens with two attached hydrogens (primary N) is 3. The molecule has 30 heavy (non-hydrogen) atoms. The fourth-order valence-electron chi connectivity index (χ4n) is 2.58. The minimum atomic E-state index is -1.23. The fraction of sp³-hybridized carbons (Fsp3) is 0.474. The minimum Gasteiger partial charge on any atom is -0.480 e. The first-order valence-corrected chi connectivity index (χ1v) is 9.48. The smallest absolute Gasteiger partial charge is 0.326 e. The van der Waals surface area contributed by atoms with E-state index in [-0.39, 0.29) is 25.3 Å². The van der Waals surface area contributed by atoms with Crippen molar-refractivity contribution in [2.45, 2.75) is 50.4 Å². The second-order valence-electron chi connectivity index (χ2n) is 6.87. The number of guanidine groups is 1. The van der Waals surface area contributed by atoms with Crippen LogP contribution in [-0.4, -0.2) is 64.7 Å². The highest BCUT2D eigenvalue weighted by Crippen LogP contribution is 2.06. The number of aliphatic imine (C=N–C) groups is 1. The third-order valence-electron chi connectivity index (χ3n) is 4.30. The number of nitrogens with one attached hydrogen (secondary N) is 2. The van der Waals surface area contributed by atoms with Crippen molar-refractivity contribution in [1.82, 2.24) is 10.6 Å². The maximum atomic E-state index is 12.8. The molecule has 1 aromatic carbocycles. The van der Waals surface area contributed by atoms with Crippen LogP contribution in [0.1, 0.15) is 25.3 Å². The zero-order valence-electron chi connectivity index (χ0n) is 16.8. The molecule has 0 aliphatic carbocycles. The van der Waals surface area contributed by atoms with E-state index in [0.717, 1.165) is 5.56 Å². The fourth-order valence-corrected chi connectivity index (χ4v) is 2.58. The molecule has 0 aliphatic heterocycles. The number of carbonyl (C=O) groups excluding carboxylic acids is 2. The van der Waals surface area contributed by atoms with Crippen LogP contribution in [0.3, 0.4) is 0 Å². The van der Waals surface area contributed by atoms with Gasteiger partial charge in [-0.15, -0.1) is 0 Å². The Hall–Kier alpha value is -3.18. The first kappa shape index (κ1) is 24.9. The molecular weight excluding hydrogens is 392 g/mol. The average molecular weight is 422 g/mol. The van der Waals surface area contributed by atoms with E-state index in [1.807, 2.05) is 0 Å². The summed E-state index contributed by atoms with van der Waals surface area (Å²) < 4.78 is 0. The van der Waals surface area contributed by atoms with Gasteiger partial charge in [0.1, 0.15) is 18.1 Å². The maximum Gasteiger partial charge on any atom is 0.326 e. The number of carboxylic acids is 1.